The molecule has 0 bridgehead atoms. The van der Waals surface area contributed by atoms with Crippen LogP contribution in [0.5, 0.6) is 5.75 Å². The van der Waals surface area contributed by atoms with Crippen LogP contribution in [-0.2, 0) is 31.2 Å². The predicted octanol–water partition coefficient (Wildman–Crippen LogP) is 6.69. The average molecular weight is 658 g/mol. The summed E-state index contributed by atoms with van der Waals surface area (Å²) in [5.74, 6) is 0.157. The van der Waals surface area contributed by atoms with E-state index in [4.69, 9.17) is 4.79 Å². The Labute approximate surface area is 287 Å². The molecular formula is C40H43N5O4. The molecule has 6 rings (SSSR count). The van der Waals surface area contributed by atoms with Gasteiger partial charge in [-0.1, -0.05) is 66.7 Å². The van der Waals surface area contributed by atoms with Crippen molar-refractivity contribution in [2.45, 2.75) is 39.3 Å². The minimum absolute atomic E-state index is 0.0268. The second-order valence-electron chi connectivity index (χ2n) is 12.2. The number of para-hydroxylation sites is 2. The van der Waals surface area contributed by atoms with Gasteiger partial charge in [-0.3, -0.25) is 9.59 Å². The Kier molecular flexibility index (Phi) is 11.2. The third-order valence-electron chi connectivity index (χ3n) is 8.85. The van der Waals surface area contributed by atoms with Gasteiger partial charge in [-0.2, -0.15) is 0 Å². The first-order valence-electron chi connectivity index (χ1n) is 16.4. The second-order valence-corrected chi connectivity index (χ2v) is 12.2. The number of aromatic nitrogens is 1. The molecule has 2 heterocycles. The van der Waals surface area contributed by atoms with E-state index in [9.17, 15) is 14.7 Å². The maximum atomic E-state index is 14.4. The summed E-state index contributed by atoms with van der Waals surface area (Å²) in [6.45, 7) is 5.10. The zero-order valence-corrected chi connectivity index (χ0v) is 28.4. The molecule has 0 radical (unpaired) electrons. The van der Waals surface area contributed by atoms with Crippen molar-refractivity contribution in [3.8, 4) is 28.1 Å². The molecule has 9 nitrogen and oxygen atoms in total. The van der Waals surface area contributed by atoms with Gasteiger partial charge in [-0.05, 0) is 79.8 Å². The van der Waals surface area contributed by atoms with Crippen molar-refractivity contribution in [3.05, 3.63) is 131 Å². The van der Waals surface area contributed by atoms with E-state index in [1.165, 1.54) is 11.1 Å². The van der Waals surface area contributed by atoms with E-state index in [0.717, 1.165) is 40.2 Å². The third-order valence-corrected chi connectivity index (χ3v) is 8.85. The van der Waals surface area contributed by atoms with Crippen molar-refractivity contribution in [3.63, 3.8) is 0 Å². The highest BCUT2D eigenvalue weighted by molar-refractivity contribution is 6.03. The van der Waals surface area contributed by atoms with Gasteiger partial charge in [0.25, 0.3) is 5.91 Å². The smallest absolute Gasteiger partial charge is 0.319 e. The molecule has 1 atom stereocenters. The molecule has 5 aromatic rings. The quantitative estimate of drug-likeness (QED) is 0.139. The lowest BCUT2D eigenvalue weighted by Gasteiger charge is -2.35. The first-order chi connectivity index (χ1) is 23.7. The number of amides is 4. The molecule has 0 saturated carbocycles. The highest BCUT2D eigenvalue weighted by Crippen LogP contribution is 2.41. The fourth-order valence-corrected chi connectivity index (χ4v) is 6.22. The third kappa shape index (κ3) is 8.01. The van der Waals surface area contributed by atoms with Crippen LogP contribution in [0.15, 0.2) is 103 Å². The molecule has 49 heavy (non-hydrogen) atoms. The van der Waals surface area contributed by atoms with Crippen LogP contribution in [0.2, 0.25) is 0 Å². The zero-order valence-electron chi connectivity index (χ0n) is 28.4. The molecule has 0 aliphatic carbocycles. The van der Waals surface area contributed by atoms with Gasteiger partial charge in [-0.15, -0.1) is 0 Å². The number of urea groups is 1. The Bertz CT molecular complexity index is 1930. The van der Waals surface area contributed by atoms with Crippen molar-refractivity contribution in [1.82, 2.24) is 20.1 Å². The number of benzene rings is 4. The number of anilines is 1. The van der Waals surface area contributed by atoms with Crippen molar-refractivity contribution in [2.75, 3.05) is 18.9 Å². The van der Waals surface area contributed by atoms with Gasteiger partial charge in [0.1, 0.15) is 5.75 Å². The summed E-state index contributed by atoms with van der Waals surface area (Å²) >= 11 is 0. The van der Waals surface area contributed by atoms with Crippen LogP contribution >= 0.6 is 0 Å². The molecule has 1 aliphatic rings. The van der Waals surface area contributed by atoms with Crippen molar-refractivity contribution in [2.24, 2.45) is 7.05 Å². The summed E-state index contributed by atoms with van der Waals surface area (Å²) in [5, 5.41) is 18.9. The first kappa shape index (κ1) is 34.5. The van der Waals surface area contributed by atoms with Crippen LogP contribution in [0.4, 0.5) is 10.5 Å². The number of carbonyl (C=O) groups is 3. The largest absolute Gasteiger partial charge is 0.507 e. The predicted molar refractivity (Wildman–Crippen MR) is 194 cm³/mol. The lowest BCUT2D eigenvalue weighted by Crippen LogP contribution is -2.42. The number of rotatable bonds is 8. The topological polar surface area (TPSA) is 116 Å². The number of phenols is 1. The summed E-state index contributed by atoms with van der Waals surface area (Å²) < 4.78 is 2.08. The minimum Gasteiger partial charge on any atom is -0.507 e. The molecule has 252 valence electrons. The van der Waals surface area contributed by atoms with E-state index in [1.54, 1.807) is 19.2 Å². The van der Waals surface area contributed by atoms with E-state index in [2.05, 4.69) is 57.8 Å². The molecule has 0 spiro atoms. The number of nitrogens with zero attached hydrogens (tertiary/aromatic N) is 2. The summed E-state index contributed by atoms with van der Waals surface area (Å²) in [6.07, 6.45) is 2.00. The molecule has 0 fully saturated rings. The maximum Gasteiger partial charge on any atom is 0.319 e. The summed E-state index contributed by atoms with van der Waals surface area (Å²) in [7, 11) is 3.55. The number of carbonyl (C=O) groups excluding carboxylic acids is 3. The lowest BCUT2D eigenvalue weighted by molar-refractivity contribution is -0.109. The highest BCUT2D eigenvalue weighted by Gasteiger charge is 2.30. The molecular weight excluding hydrogens is 614 g/mol. The van der Waals surface area contributed by atoms with Crippen LogP contribution in [0.3, 0.4) is 0 Å². The molecule has 9 heteroatoms. The number of fused-ring (bicyclic) bond motifs is 1. The van der Waals surface area contributed by atoms with Crippen LogP contribution in [0, 0.1) is 6.92 Å². The van der Waals surface area contributed by atoms with Gasteiger partial charge in [0, 0.05) is 66.9 Å². The van der Waals surface area contributed by atoms with E-state index >= 15 is 0 Å². The van der Waals surface area contributed by atoms with Gasteiger partial charge in [-0.25, -0.2) is 4.79 Å². The molecule has 4 amide bonds. The SMILES string of the molecule is CNC=O.Cc1cc(-c2ccccc2O)c(-c2cc(CCNC(=O)Nc3ccccc3)ccc2C(=O)N2Cc3ccccc3C[C@H]2C)n1C. The molecule has 4 aromatic carbocycles. The summed E-state index contributed by atoms with van der Waals surface area (Å²) in [4.78, 5) is 38.0. The number of aromatic hydroxyl groups is 1. The first-order valence-corrected chi connectivity index (χ1v) is 16.4. The van der Waals surface area contributed by atoms with Crippen LogP contribution in [0.25, 0.3) is 22.4 Å². The zero-order chi connectivity index (χ0) is 34.9. The van der Waals surface area contributed by atoms with Gasteiger partial charge in [0.05, 0.1) is 5.69 Å². The Morgan fingerprint density at radius 2 is 1.55 bits per heavy atom. The van der Waals surface area contributed by atoms with E-state index in [-0.39, 0.29) is 23.7 Å². The van der Waals surface area contributed by atoms with Crippen molar-refractivity contribution < 1.29 is 19.5 Å². The fourth-order valence-electron chi connectivity index (χ4n) is 6.22. The Morgan fingerprint density at radius 1 is 0.878 bits per heavy atom. The molecule has 1 aromatic heterocycles. The van der Waals surface area contributed by atoms with Crippen molar-refractivity contribution >= 4 is 24.0 Å². The Hall–Kier alpha value is -5.83. The standard InChI is InChI=1S/C38H38N4O3.C2H5NO/c1-25-22-33(31-15-9-10-16-35(31)43)36(41(25)3)34-23-27(19-20-39-38(45)40-30-13-5-4-6-14-30)17-18-32(34)37(44)42-24-29-12-8-7-11-28(29)21-26(42)2;1-3-2-4/h4-18,22-23,26,43H,19-21,24H2,1-3H3,(H2,39,40,45);2H,1H3,(H,3,4)/t26-;/m1./s1. The minimum atomic E-state index is -0.271. The van der Waals surface area contributed by atoms with Gasteiger partial charge < -0.3 is 30.5 Å². The Balaban J connectivity index is 0.00000111. The Morgan fingerprint density at radius 3 is 2.27 bits per heavy atom. The fraction of sp³-hybridized carbons (Fsp3) is 0.225. The van der Waals surface area contributed by atoms with Gasteiger partial charge in [0.2, 0.25) is 6.41 Å². The molecule has 0 saturated heterocycles. The average Bonchev–Trinajstić information content (AvgIpc) is 3.41. The van der Waals surface area contributed by atoms with Crippen molar-refractivity contribution in [1.29, 1.82) is 0 Å². The molecule has 1 aliphatic heterocycles. The number of hydrogen-bond acceptors (Lipinski definition) is 4. The monoisotopic (exact) mass is 657 g/mol. The normalized spacial score (nSPS) is 13.4. The van der Waals surface area contributed by atoms with Crippen LogP contribution < -0.4 is 16.0 Å². The molecule has 0 unspecified atom stereocenters. The highest BCUT2D eigenvalue weighted by atomic mass is 16.3. The number of nitrogens with one attached hydrogen (secondary N) is 3. The molecule has 4 N–H and O–H groups in total. The number of phenolic OH excluding ortho intramolecular Hbond substituents is 1. The van der Waals surface area contributed by atoms with Gasteiger partial charge in [0.15, 0.2) is 0 Å². The number of aryl methyl sites for hydroxylation is 1. The second kappa shape index (κ2) is 15.8. The number of hydrogen-bond donors (Lipinski definition) is 4. The van der Waals surface area contributed by atoms with Gasteiger partial charge >= 0.3 is 6.03 Å². The summed E-state index contributed by atoms with van der Waals surface area (Å²) in [5.41, 5.74) is 9.01. The maximum absolute atomic E-state index is 14.4. The lowest BCUT2D eigenvalue weighted by atomic mass is 9.91. The van der Waals surface area contributed by atoms with E-state index in [0.29, 0.717) is 37.0 Å². The van der Waals surface area contributed by atoms with E-state index in [1.807, 2.05) is 79.5 Å². The van der Waals surface area contributed by atoms with Crippen LogP contribution in [-0.4, -0.2) is 52.6 Å². The van der Waals surface area contributed by atoms with E-state index < -0.39 is 0 Å². The van der Waals surface area contributed by atoms with Crippen LogP contribution in [0.1, 0.15) is 39.7 Å². The summed E-state index contributed by atoms with van der Waals surface area (Å²) in [6, 6.07) is 32.7.